The molecule has 0 saturated heterocycles. The van der Waals surface area contributed by atoms with E-state index in [1.54, 1.807) is 7.11 Å². The third kappa shape index (κ3) is 2.57. The van der Waals surface area contributed by atoms with Crippen LogP contribution < -0.4 is 29.6 Å². The van der Waals surface area contributed by atoms with Crippen molar-refractivity contribution in [2.75, 3.05) is 17.7 Å². The molecule has 24 heavy (non-hydrogen) atoms. The monoisotopic (exact) mass is 400 g/mol. The molecule has 4 rings (SSSR count). The number of hydrogen-bond donors (Lipinski definition) is 1. The molecule has 0 amide bonds. The van der Waals surface area contributed by atoms with Gasteiger partial charge in [0.25, 0.3) is 0 Å². The normalized spacial score (nSPS) is 12.5. The van der Waals surface area contributed by atoms with Gasteiger partial charge in [-0.15, -0.1) is 0 Å². The average molecular weight is 399 g/mol. The number of ether oxygens (including phenoxy) is 1. The average Bonchev–Trinajstić information content (AvgIpc) is 2.59. The molecule has 1 aliphatic rings. The van der Waals surface area contributed by atoms with Gasteiger partial charge in [0, 0.05) is 0 Å². The number of methoxy groups -OCH3 is 1. The van der Waals surface area contributed by atoms with Crippen LogP contribution in [0.4, 0.5) is 22.7 Å². The third-order valence-electron chi connectivity index (χ3n) is 4.00. The molecule has 5 heteroatoms. The number of anilines is 4. The van der Waals surface area contributed by atoms with Gasteiger partial charge in [-0.05, 0) is 0 Å². The SMILES string of the molecule is COc1ccccc1N1c2ccc(N)cc2[Se]c2cc(P)ccc21. The zero-order valence-electron chi connectivity index (χ0n) is 13.2. The van der Waals surface area contributed by atoms with Crippen molar-refractivity contribution < 1.29 is 4.74 Å². The van der Waals surface area contributed by atoms with E-state index in [4.69, 9.17) is 10.5 Å². The minimum absolute atomic E-state index is 0.227. The summed E-state index contributed by atoms with van der Waals surface area (Å²) >= 11 is 0.227. The second kappa shape index (κ2) is 6.14. The molecule has 0 bridgehead atoms. The number of nitrogens with two attached hydrogens (primary N) is 1. The molecule has 3 aromatic carbocycles. The van der Waals surface area contributed by atoms with Gasteiger partial charge in [0.1, 0.15) is 0 Å². The van der Waals surface area contributed by atoms with Crippen LogP contribution in [0, 0.1) is 0 Å². The third-order valence-corrected chi connectivity index (χ3v) is 6.65. The van der Waals surface area contributed by atoms with Crippen molar-refractivity contribution in [3.63, 3.8) is 0 Å². The fraction of sp³-hybridized carbons (Fsp3) is 0.0526. The van der Waals surface area contributed by atoms with Crippen LogP contribution in [0.15, 0.2) is 60.7 Å². The molecule has 0 aliphatic carbocycles. The number of benzene rings is 3. The molecule has 0 fully saturated rings. The number of nitrogens with zero attached hydrogens (tertiary/aromatic N) is 1. The van der Waals surface area contributed by atoms with Crippen molar-refractivity contribution >= 4 is 61.2 Å². The van der Waals surface area contributed by atoms with Crippen LogP contribution in [0.3, 0.4) is 0 Å². The van der Waals surface area contributed by atoms with Crippen LogP contribution in [0.25, 0.3) is 0 Å². The summed E-state index contributed by atoms with van der Waals surface area (Å²) in [4.78, 5) is 2.28. The first-order valence-corrected chi connectivity index (χ1v) is 9.86. The predicted molar refractivity (Wildman–Crippen MR) is 106 cm³/mol. The van der Waals surface area contributed by atoms with Crippen LogP contribution in [-0.4, -0.2) is 22.1 Å². The van der Waals surface area contributed by atoms with Crippen molar-refractivity contribution in [1.29, 1.82) is 0 Å². The molecular formula is C19H17N2OPSe. The summed E-state index contributed by atoms with van der Waals surface area (Å²) in [7, 11) is 4.50. The molecule has 1 atom stereocenters. The van der Waals surface area contributed by atoms with E-state index in [9.17, 15) is 0 Å². The predicted octanol–water partition coefficient (Wildman–Crippen LogP) is 2.22. The van der Waals surface area contributed by atoms with Gasteiger partial charge in [0.05, 0.1) is 0 Å². The summed E-state index contributed by atoms with van der Waals surface area (Å²) in [6, 6.07) is 20.8. The second-order valence-electron chi connectivity index (χ2n) is 5.56. The van der Waals surface area contributed by atoms with E-state index in [2.05, 4.69) is 50.5 Å². The first kappa shape index (κ1) is 15.5. The van der Waals surface area contributed by atoms with Crippen LogP contribution in [-0.2, 0) is 0 Å². The Balaban J connectivity index is 1.99. The van der Waals surface area contributed by atoms with Gasteiger partial charge < -0.3 is 0 Å². The van der Waals surface area contributed by atoms with Gasteiger partial charge in [-0.2, -0.15) is 0 Å². The zero-order chi connectivity index (χ0) is 16.7. The Bertz CT molecular complexity index is 877. The van der Waals surface area contributed by atoms with Crippen molar-refractivity contribution in [3.05, 3.63) is 60.7 Å². The van der Waals surface area contributed by atoms with E-state index in [1.165, 1.54) is 25.6 Å². The fourth-order valence-corrected chi connectivity index (χ4v) is 5.87. The van der Waals surface area contributed by atoms with Crippen molar-refractivity contribution in [2.24, 2.45) is 0 Å². The van der Waals surface area contributed by atoms with Gasteiger partial charge in [-0.3, -0.25) is 0 Å². The Hall–Kier alpha value is -1.99. The summed E-state index contributed by atoms with van der Waals surface area (Å²) in [5.74, 6) is 0.857. The zero-order valence-corrected chi connectivity index (χ0v) is 16.1. The summed E-state index contributed by atoms with van der Waals surface area (Å²) in [5.41, 5.74) is 10.3. The minimum atomic E-state index is 0.227. The quantitative estimate of drug-likeness (QED) is 0.319. The maximum atomic E-state index is 6.03. The molecule has 0 saturated carbocycles. The summed E-state index contributed by atoms with van der Waals surface area (Å²) in [6.07, 6.45) is 0. The van der Waals surface area contributed by atoms with Crippen molar-refractivity contribution in [3.8, 4) is 5.75 Å². The summed E-state index contributed by atoms with van der Waals surface area (Å²) < 4.78 is 8.25. The molecule has 3 aromatic rings. The Morgan fingerprint density at radius 3 is 2.42 bits per heavy atom. The molecular weight excluding hydrogens is 382 g/mol. The first-order chi connectivity index (χ1) is 11.7. The number of para-hydroxylation sites is 2. The Kier molecular flexibility index (Phi) is 3.97. The van der Waals surface area contributed by atoms with Gasteiger partial charge in [-0.25, -0.2) is 0 Å². The number of hydrogen-bond acceptors (Lipinski definition) is 3. The van der Waals surface area contributed by atoms with E-state index >= 15 is 0 Å². The summed E-state index contributed by atoms with van der Waals surface area (Å²) in [5, 5.41) is 1.20. The van der Waals surface area contributed by atoms with E-state index in [0.717, 1.165) is 17.1 Å². The van der Waals surface area contributed by atoms with E-state index in [1.807, 2.05) is 24.3 Å². The molecule has 0 spiro atoms. The molecule has 1 aliphatic heterocycles. The second-order valence-corrected chi connectivity index (χ2v) is 8.50. The number of rotatable bonds is 2. The fourth-order valence-electron chi connectivity index (χ4n) is 2.92. The van der Waals surface area contributed by atoms with Gasteiger partial charge in [0.15, 0.2) is 0 Å². The molecule has 1 heterocycles. The standard InChI is InChI=1S/C19H17N2OPSe/c1-22-17-5-3-2-4-14(17)21-15-8-6-12(20)10-18(15)24-19-11-13(23)7-9-16(19)21/h2-11H,20,23H2,1H3. The van der Waals surface area contributed by atoms with Crippen molar-refractivity contribution in [2.45, 2.75) is 0 Å². The van der Waals surface area contributed by atoms with E-state index < -0.39 is 0 Å². The van der Waals surface area contributed by atoms with Gasteiger partial charge in [-0.1, -0.05) is 0 Å². The van der Waals surface area contributed by atoms with Gasteiger partial charge >= 0.3 is 150 Å². The number of nitrogen functional groups attached to an aromatic ring is 1. The van der Waals surface area contributed by atoms with Gasteiger partial charge in [0.2, 0.25) is 0 Å². The molecule has 120 valence electrons. The molecule has 2 N–H and O–H groups in total. The Labute approximate surface area is 150 Å². The molecule has 0 radical (unpaired) electrons. The molecule has 3 nitrogen and oxygen atoms in total. The van der Waals surface area contributed by atoms with Crippen molar-refractivity contribution in [1.82, 2.24) is 0 Å². The summed E-state index contributed by atoms with van der Waals surface area (Å²) in [6.45, 7) is 0. The Morgan fingerprint density at radius 1 is 0.917 bits per heavy atom. The molecule has 0 aromatic heterocycles. The maximum absolute atomic E-state index is 6.03. The van der Waals surface area contributed by atoms with E-state index in [0.29, 0.717) is 0 Å². The van der Waals surface area contributed by atoms with E-state index in [-0.39, 0.29) is 15.0 Å². The van der Waals surface area contributed by atoms with Crippen LogP contribution in [0.1, 0.15) is 0 Å². The first-order valence-electron chi connectivity index (χ1n) is 7.57. The Morgan fingerprint density at radius 2 is 1.62 bits per heavy atom. The van der Waals surface area contributed by atoms with Crippen LogP contribution in [0.5, 0.6) is 5.75 Å². The topological polar surface area (TPSA) is 38.5 Å². The van der Waals surface area contributed by atoms with Crippen LogP contribution >= 0.6 is 9.24 Å². The number of fused-ring (bicyclic) bond motifs is 2. The molecule has 1 unspecified atom stereocenters. The van der Waals surface area contributed by atoms with Crippen LogP contribution in [0.2, 0.25) is 0 Å².